The maximum atomic E-state index is 12.0. The van der Waals surface area contributed by atoms with Gasteiger partial charge in [0, 0.05) is 0 Å². The molecule has 26 heavy (non-hydrogen) atoms. The zero-order valence-electron chi connectivity index (χ0n) is 13.5. The first-order chi connectivity index (χ1) is 12.6. The molecular weight excluding hydrogens is 378 g/mol. The summed E-state index contributed by atoms with van der Waals surface area (Å²) in [6, 6.07) is 6.11. The number of aromatic carboxylic acids is 1. The summed E-state index contributed by atoms with van der Waals surface area (Å²) in [5, 5.41) is 32.5. The van der Waals surface area contributed by atoms with E-state index in [1.165, 1.54) is 28.2 Å². The van der Waals surface area contributed by atoms with Crippen molar-refractivity contribution in [2.24, 2.45) is 0 Å². The Morgan fingerprint density at radius 2 is 2.00 bits per heavy atom. The summed E-state index contributed by atoms with van der Waals surface area (Å²) < 4.78 is 1.43. The number of carbonyl (C=O) groups excluding carboxylic acids is 1. The number of hydrogen-bond acceptors (Lipinski definition) is 9. The monoisotopic (exact) mass is 391 g/mol. The molecule has 0 spiro atoms. The number of anilines is 1. The van der Waals surface area contributed by atoms with Gasteiger partial charge in [-0.1, -0.05) is 30.0 Å². The highest BCUT2D eigenvalue weighted by atomic mass is 32.2. The van der Waals surface area contributed by atoms with Gasteiger partial charge in [0.1, 0.15) is 5.01 Å². The number of nitrogens with one attached hydrogen (secondary N) is 1. The van der Waals surface area contributed by atoms with Crippen molar-refractivity contribution in [2.75, 3.05) is 11.1 Å². The zero-order valence-corrected chi connectivity index (χ0v) is 15.1. The summed E-state index contributed by atoms with van der Waals surface area (Å²) in [7, 11) is 0. The molecule has 0 aliphatic carbocycles. The molecule has 3 aromatic rings. The molecule has 0 bridgehead atoms. The fourth-order valence-electron chi connectivity index (χ4n) is 1.91. The second-order valence-electron chi connectivity index (χ2n) is 4.92. The summed E-state index contributed by atoms with van der Waals surface area (Å²) in [4.78, 5) is 22.9. The topological polar surface area (TPSA) is 136 Å². The first-order valence-electron chi connectivity index (χ1n) is 7.44. The number of aromatic nitrogens is 6. The van der Waals surface area contributed by atoms with Gasteiger partial charge in [-0.3, -0.25) is 10.1 Å². The molecule has 0 fully saturated rings. The molecule has 0 aliphatic rings. The summed E-state index contributed by atoms with van der Waals surface area (Å²) >= 11 is 2.49. The minimum Gasteiger partial charge on any atom is -0.478 e. The van der Waals surface area contributed by atoms with Crippen LogP contribution in [0.5, 0.6) is 0 Å². The number of aryl methyl sites for hydroxylation is 1. The minimum atomic E-state index is -1.01. The third-order valence-corrected chi connectivity index (χ3v) is 5.05. The number of carbonyl (C=O) groups is 2. The van der Waals surface area contributed by atoms with Crippen molar-refractivity contribution in [1.82, 2.24) is 30.4 Å². The molecule has 10 nitrogen and oxygen atoms in total. The Balaban J connectivity index is 1.63. The maximum Gasteiger partial charge on any atom is 0.335 e. The third kappa shape index (κ3) is 4.21. The molecule has 0 atom stereocenters. The van der Waals surface area contributed by atoms with Crippen molar-refractivity contribution < 1.29 is 14.7 Å². The number of rotatable bonds is 7. The predicted octanol–water partition coefficient (Wildman–Crippen LogP) is 1.51. The lowest BCUT2D eigenvalue weighted by atomic mass is 10.2. The van der Waals surface area contributed by atoms with Crippen molar-refractivity contribution in [1.29, 1.82) is 0 Å². The van der Waals surface area contributed by atoms with Crippen LogP contribution >= 0.6 is 23.1 Å². The molecule has 3 rings (SSSR count). The van der Waals surface area contributed by atoms with Crippen LogP contribution in [0.25, 0.3) is 5.69 Å². The van der Waals surface area contributed by atoms with Crippen molar-refractivity contribution >= 4 is 40.1 Å². The average molecular weight is 391 g/mol. The number of hydrogen-bond donors (Lipinski definition) is 2. The standard InChI is InChI=1S/C14H13N7O3S2/c1-2-11-16-17-13(26-11)15-10(22)7-25-14-18-19-20-21(14)9-5-3-8(4-6-9)12(23)24/h3-6H,2,7H2,1H3,(H,23,24)(H,15,17,22). The minimum absolute atomic E-state index is 0.0919. The van der Waals surface area contributed by atoms with Gasteiger partial charge in [0.25, 0.3) is 0 Å². The lowest BCUT2D eigenvalue weighted by Crippen LogP contribution is -2.14. The fraction of sp³-hybridized carbons (Fsp3) is 0.214. The van der Waals surface area contributed by atoms with Crippen molar-refractivity contribution in [2.45, 2.75) is 18.5 Å². The van der Waals surface area contributed by atoms with E-state index < -0.39 is 5.97 Å². The second kappa shape index (κ2) is 8.01. The van der Waals surface area contributed by atoms with Crippen molar-refractivity contribution in [3.63, 3.8) is 0 Å². The van der Waals surface area contributed by atoms with E-state index in [1.54, 1.807) is 12.1 Å². The first kappa shape index (κ1) is 17.9. The van der Waals surface area contributed by atoms with Crippen molar-refractivity contribution in [3.05, 3.63) is 34.8 Å². The summed E-state index contributed by atoms with van der Waals surface area (Å²) in [6.45, 7) is 1.96. The van der Waals surface area contributed by atoms with Gasteiger partial charge in [-0.2, -0.15) is 4.68 Å². The van der Waals surface area contributed by atoms with E-state index in [2.05, 4.69) is 31.0 Å². The Bertz CT molecular complexity index is 923. The first-order valence-corrected chi connectivity index (χ1v) is 9.24. The van der Waals surface area contributed by atoms with Crippen LogP contribution in [0, 0.1) is 0 Å². The Kier molecular flexibility index (Phi) is 5.53. The van der Waals surface area contributed by atoms with E-state index in [4.69, 9.17) is 5.11 Å². The van der Waals surface area contributed by atoms with Crippen LogP contribution < -0.4 is 5.32 Å². The predicted molar refractivity (Wildman–Crippen MR) is 94.8 cm³/mol. The smallest absolute Gasteiger partial charge is 0.335 e. The van der Waals surface area contributed by atoms with Crippen LogP contribution in [0.2, 0.25) is 0 Å². The molecule has 0 radical (unpaired) electrons. The number of benzene rings is 1. The number of tetrazole rings is 1. The summed E-state index contributed by atoms with van der Waals surface area (Å²) in [5.74, 6) is -1.17. The SMILES string of the molecule is CCc1nnc(NC(=O)CSc2nnnn2-c2ccc(C(=O)O)cc2)s1. The normalized spacial score (nSPS) is 10.7. The molecule has 134 valence electrons. The lowest BCUT2D eigenvalue weighted by Gasteiger charge is -2.04. The number of carboxylic acid groups (broad SMARTS) is 1. The zero-order chi connectivity index (χ0) is 18.5. The van der Waals surface area contributed by atoms with Crippen LogP contribution in [0.4, 0.5) is 5.13 Å². The summed E-state index contributed by atoms with van der Waals surface area (Å²) in [6.07, 6.45) is 0.762. The van der Waals surface area contributed by atoms with E-state index in [0.717, 1.165) is 23.2 Å². The molecule has 0 unspecified atom stereocenters. The Morgan fingerprint density at radius 1 is 1.23 bits per heavy atom. The number of nitrogens with zero attached hydrogens (tertiary/aromatic N) is 6. The highest BCUT2D eigenvalue weighted by molar-refractivity contribution is 7.99. The maximum absolute atomic E-state index is 12.0. The fourth-order valence-corrected chi connectivity index (χ4v) is 3.30. The molecule has 2 heterocycles. The Hall–Kier alpha value is -2.86. The van der Waals surface area contributed by atoms with Gasteiger partial charge in [0.05, 0.1) is 17.0 Å². The van der Waals surface area contributed by atoms with Crippen LogP contribution in [0.3, 0.4) is 0 Å². The van der Waals surface area contributed by atoms with E-state index >= 15 is 0 Å². The summed E-state index contributed by atoms with van der Waals surface area (Å²) in [5.41, 5.74) is 0.763. The molecule has 1 amide bonds. The van der Waals surface area contributed by atoms with Crippen LogP contribution in [0.15, 0.2) is 29.4 Å². The van der Waals surface area contributed by atoms with Gasteiger partial charge >= 0.3 is 5.97 Å². The highest BCUT2D eigenvalue weighted by Gasteiger charge is 2.13. The second-order valence-corrected chi connectivity index (χ2v) is 6.92. The van der Waals surface area contributed by atoms with Crippen LogP contribution in [-0.4, -0.2) is 53.1 Å². The van der Waals surface area contributed by atoms with Crippen molar-refractivity contribution in [3.8, 4) is 5.69 Å². The Morgan fingerprint density at radius 3 is 2.65 bits per heavy atom. The average Bonchev–Trinajstić information content (AvgIpc) is 3.29. The molecule has 12 heteroatoms. The van der Waals surface area contributed by atoms with Gasteiger partial charge in [-0.15, -0.1) is 15.3 Å². The van der Waals surface area contributed by atoms with Gasteiger partial charge in [-0.05, 0) is 41.1 Å². The number of amides is 1. The molecule has 0 saturated carbocycles. The molecular formula is C14H13N7O3S2. The molecule has 2 N–H and O–H groups in total. The number of carboxylic acids is 1. The highest BCUT2D eigenvalue weighted by Crippen LogP contribution is 2.20. The van der Waals surface area contributed by atoms with Gasteiger partial charge < -0.3 is 5.11 Å². The van der Waals surface area contributed by atoms with Gasteiger partial charge in [0.2, 0.25) is 16.2 Å². The van der Waals surface area contributed by atoms with Gasteiger partial charge in [-0.25, -0.2) is 4.79 Å². The largest absolute Gasteiger partial charge is 0.478 e. The molecule has 0 saturated heterocycles. The third-order valence-electron chi connectivity index (χ3n) is 3.15. The Labute approximate surface area is 155 Å². The molecule has 1 aromatic carbocycles. The van der Waals surface area contributed by atoms with Crippen LogP contribution in [0.1, 0.15) is 22.3 Å². The molecule has 2 aromatic heterocycles. The lowest BCUT2D eigenvalue weighted by molar-refractivity contribution is -0.113. The van der Waals surface area contributed by atoms with E-state index in [0.29, 0.717) is 16.0 Å². The number of thioether (sulfide) groups is 1. The van der Waals surface area contributed by atoms with E-state index in [-0.39, 0.29) is 17.2 Å². The van der Waals surface area contributed by atoms with Gasteiger partial charge in [0.15, 0.2) is 0 Å². The molecule has 0 aliphatic heterocycles. The van der Waals surface area contributed by atoms with Crippen LogP contribution in [-0.2, 0) is 11.2 Å². The van der Waals surface area contributed by atoms with E-state index in [9.17, 15) is 9.59 Å². The quantitative estimate of drug-likeness (QED) is 0.574. The van der Waals surface area contributed by atoms with E-state index in [1.807, 2.05) is 6.92 Å².